The van der Waals surface area contributed by atoms with E-state index in [9.17, 15) is 32.3 Å². The van der Waals surface area contributed by atoms with Gasteiger partial charge in [-0.2, -0.15) is 13.2 Å². The maximum absolute atomic E-state index is 13.3. The van der Waals surface area contributed by atoms with Crippen LogP contribution < -0.4 is 4.90 Å². The monoisotopic (exact) mass is 473 g/mol. The van der Waals surface area contributed by atoms with Gasteiger partial charge in [-0.25, -0.2) is 4.90 Å². The number of carbonyl (C=O) groups is 4. The van der Waals surface area contributed by atoms with Gasteiger partial charge in [0.15, 0.2) is 5.60 Å². The molecule has 0 spiro atoms. The lowest BCUT2D eigenvalue weighted by Gasteiger charge is -2.34. The number of nitrogens with zero attached hydrogens (tertiary/aromatic N) is 1. The van der Waals surface area contributed by atoms with Gasteiger partial charge in [-0.15, -0.1) is 0 Å². The van der Waals surface area contributed by atoms with Crippen molar-refractivity contribution < 1.29 is 46.6 Å². The summed E-state index contributed by atoms with van der Waals surface area (Å²) in [7, 11) is 0. The lowest BCUT2D eigenvalue weighted by molar-refractivity contribution is -0.226. The van der Waals surface area contributed by atoms with Gasteiger partial charge >= 0.3 is 18.1 Å². The van der Waals surface area contributed by atoms with Crippen molar-refractivity contribution in [3.63, 3.8) is 0 Å². The van der Waals surface area contributed by atoms with Gasteiger partial charge in [0.2, 0.25) is 11.8 Å². The van der Waals surface area contributed by atoms with E-state index in [1.807, 2.05) is 0 Å². The number of amides is 2. The molecular weight excluding hydrogens is 459 g/mol. The van der Waals surface area contributed by atoms with Crippen molar-refractivity contribution >= 4 is 41.0 Å². The van der Waals surface area contributed by atoms with E-state index in [0.717, 1.165) is 26.0 Å². The van der Waals surface area contributed by atoms with Crippen molar-refractivity contribution in [1.29, 1.82) is 0 Å². The Morgan fingerprint density at radius 2 is 1.78 bits per heavy atom. The van der Waals surface area contributed by atoms with Gasteiger partial charge in [-0.05, 0) is 24.3 Å². The predicted octanol–water partition coefficient (Wildman–Crippen LogP) is 2.62. The maximum atomic E-state index is 13.3. The number of hydrogen-bond acceptors (Lipinski definition) is 7. The SMILES string of the molecule is CC(=O)OC(OC(C)=O)[C@@]12C=C[C@@H](O1)[C@H]1C(=O)N(c3ccc(Cl)c(C(F)(F)F)c3)C(=O)[C@H]12. The molecule has 0 aliphatic carbocycles. The number of esters is 2. The summed E-state index contributed by atoms with van der Waals surface area (Å²) in [4.78, 5) is 50.2. The van der Waals surface area contributed by atoms with Crippen molar-refractivity contribution in [3.8, 4) is 0 Å². The van der Waals surface area contributed by atoms with E-state index in [4.69, 9.17) is 25.8 Å². The van der Waals surface area contributed by atoms with Crippen molar-refractivity contribution in [1.82, 2.24) is 0 Å². The molecule has 4 atom stereocenters. The van der Waals surface area contributed by atoms with Crippen molar-refractivity contribution in [2.24, 2.45) is 11.8 Å². The first-order chi connectivity index (χ1) is 14.9. The minimum absolute atomic E-state index is 0.322. The van der Waals surface area contributed by atoms with Crippen LogP contribution in [0.2, 0.25) is 5.02 Å². The molecular formula is C20H15ClF3NO7. The molecule has 32 heavy (non-hydrogen) atoms. The van der Waals surface area contributed by atoms with E-state index in [2.05, 4.69) is 0 Å². The Kier molecular flexibility index (Phi) is 5.09. The van der Waals surface area contributed by atoms with E-state index in [1.54, 1.807) is 0 Å². The third-order valence-electron chi connectivity index (χ3n) is 5.51. The van der Waals surface area contributed by atoms with Gasteiger partial charge in [0.05, 0.1) is 34.2 Å². The van der Waals surface area contributed by atoms with Crippen LogP contribution in [-0.4, -0.2) is 41.7 Å². The van der Waals surface area contributed by atoms with E-state index in [-0.39, 0.29) is 5.69 Å². The van der Waals surface area contributed by atoms with Crippen LogP contribution in [0.1, 0.15) is 19.4 Å². The number of imide groups is 1. The second-order valence-electron chi connectivity index (χ2n) is 7.52. The second kappa shape index (κ2) is 7.31. The Hall–Kier alpha value is -2.92. The second-order valence-corrected chi connectivity index (χ2v) is 7.93. The number of fused-ring (bicyclic) bond motifs is 5. The van der Waals surface area contributed by atoms with Gasteiger partial charge in [0, 0.05) is 13.8 Å². The summed E-state index contributed by atoms with van der Waals surface area (Å²) in [6, 6.07) is 2.67. The summed E-state index contributed by atoms with van der Waals surface area (Å²) in [6.45, 7) is 2.10. The summed E-state index contributed by atoms with van der Waals surface area (Å²) >= 11 is 5.64. The van der Waals surface area contributed by atoms with Crippen LogP contribution in [0.4, 0.5) is 18.9 Å². The van der Waals surface area contributed by atoms with Crippen LogP contribution in [0.3, 0.4) is 0 Å². The standard InChI is InChI=1S/C20H15ClF3NO7/c1-8(26)30-18(31-9(2)27)19-6-5-13(32-19)14-15(19)17(29)25(16(14)28)10-3-4-12(21)11(7-10)20(22,23)24/h3-7,13-15,18H,1-2H3/t13-,14-,15+,19+/m1/s1. The Bertz CT molecular complexity index is 1060. The number of carbonyl (C=O) groups excluding carboxylic acids is 4. The van der Waals surface area contributed by atoms with Crippen LogP contribution in [0, 0.1) is 11.8 Å². The molecule has 0 N–H and O–H groups in total. The minimum atomic E-state index is -4.81. The molecule has 0 radical (unpaired) electrons. The first-order valence-corrected chi connectivity index (χ1v) is 9.71. The summed E-state index contributed by atoms with van der Waals surface area (Å²) in [5.41, 5.74) is -3.33. The normalized spacial score (nSPS) is 28.5. The average Bonchev–Trinajstić information content (AvgIpc) is 3.32. The van der Waals surface area contributed by atoms with Crippen molar-refractivity contribution in [2.75, 3.05) is 4.90 Å². The number of halogens is 4. The number of benzene rings is 1. The molecule has 3 heterocycles. The fraction of sp³-hybridized carbons (Fsp3) is 0.400. The Morgan fingerprint density at radius 1 is 1.16 bits per heavy atom. The fourth-order valence-corrected chi connectivity index (χ4v) is 4.57. The van der Waals surface area contributed by atoms with Gasteiger partial charge in [0.1, 0.15) is 0 Å². The largest absolute Gasteiger partial charge is 0.422 e. The lowest BCUT2D eigenvalue weighted by Crippen LogP contribution is -2.52. The average molecular weight is 474 g/mol. The highest BCUT2D eigenvalue weighted by atomic mass is 35.5. The highest BCUT2D eigenvalue weighted by Gasteiger charge is 2.72. The summed E-state index contributed by atoms with van der Waals surface area (Å²) < 4.78 is 55.8. The van der Waals surface area contributed by atoms with Crippen LogP contribution >= 0.6 is 11.6 Å². The molecule has 3 aliphatic rings. The zero-order chi connectivity index (χ0) is 23.6. The first kappa shape index (κ1) is 22.3. The molecule has 0 saturated carbocycles. The summed E-state index contributed by atoms with van der Waals surface area (Å²) in [5, 5.41) is -0.591. The molecule has 8 nitrogen and oxygen atoms in total. The molecule has 2 bridgehead atoms. The molecule has 2 fully saturated rings. The fourth-order valence-electron chi connectivity index (χ4n) is 4.34. The Balaban J connectivity index is 1.76. The molecule has 170 valence electrons. The van der Waals surface area contributed by atoms with E-state index < -0.39 is 70.3 Å². The van der Waals surface area contributed by atoms with Crippen LogP contribution in [0.25, 0.3) is 0 Å². The Labute approximate surface area is 183 Å². The molecule has 1 aromatic rings. The highest BCUT2D eigenvalue weighted by Crippen LogP contribution is 2.55. The van der Waals surface area contributed by atoms with Gasteiger partial charge in [-0.3, -0.25) is 19.2 Å². The first-order valence-electron chi connectivity index (χ1n) is 9.33. The molecule has 3 aliphatic heterocycles. The van der Waals surface area contributed by atoms with Crippen molar-refractivity contribution in [3.05, 3.63) is 40.9 Å². The molecule has 1 aromatic carbocycles. The molecule has 2 saturated heterocycles. The van der Waals surface area contributed by atoms with E-state index in [1.165, 1.54) is 12.2 Å². The third kappa shape index (κ3) is 3.27. The number of rotatable bonds is 4. The zero-order valence-electron chi connectivity index (χ0n) is 16.5. The zero-order valence-corrected chi connectivity index (χ0v) is 17.3. The van der Waals surface area contributed by atoms with Crippen LogP contribution in [0.5, 0.6) is 0 Å². The van der Waals surface area contributed by atoms with Crippen molar-refractivity contribution in [2.45, 2.75) is 38.0 Å². The van der Waals surface area contributed by atoms with Gasteiger partial charge in [0.25, 0.3) is 6.29 Å². The number of anilines is 1. The maximum Gasteiger partial charge on any atom is 0.417 e. The molecule has 0 aromatic heterocycles. The topological polar surface area (TPSA) is 99.2 Å². The minimum Gasteiger partial charge on any atom is -0.422 e. The predicted molar refractivity (Wildman–Crippen MR) is 100.0 cm³/mol. The van der Waals surface area contributed by atoms with Gasteiger partial charge in [-0.1, -0.05) is 17.7 Å². The third-order valence-corrected chi connectivity index (χ3v) is 5.84. The smallest absolute Gasteiger partial charge is 0.417 e. The molecule has 2 amide bonds. The van der Waals surface area contributed by atoms with E-state index in [0.29, 0.717) is 11.0 Å². The highest BCUT2D eigenvalue weighted by molar-refractivity contribution is 6.31. The van der Waals surface area contributed by atoms with Crippen LogP contribution in [-0.2, 0) is 39.6 Å². The lowest BCUT2D eigenvalue weighted by atomic mass is 9.76. The Morgan fingerprint density at radius 3 is 2.34 bits per heavy atom. The molecule has 4 rings (SSSR count). The number of hydrogen-bond donors (Lipinski definition) is 0. The van der Waals surface area contributed by atoms with Crippen LogP contribution in [0.15, 0.2) is 30.4 Å². The molecule has 12 heteroatoms. The number of ether oxygens (including phenoxy) is 3. The quantitative estimate of drug-likeness (QED) is 0.287. The van der Waals surface area contributed by atoms with E-state index >= 15 is 0 Å². The van der Waals surface area contributed by atoms with Gasteiger partial charge < -0.3 is 14.2 Å². The summed E-state index contributed by atoms with van der Waals surface area (Å²) in [6.07, 6.45) is -4.59. The molecule has 0 unspecified atom stereocenters. The number of alkyl halides is 3. The summed E-state index contributed by atoms with van der Waals surface area (Å²) in [5.74, 6) is -5.75.